The van der Waals surface area contributed by atoms with Gasteiger partial charge < -0.3 is 34.4 Å². The molecule has 3 aromatic rings. The molecule has 4 rings (SSSR count). The predicted octanol–water partition coefficient (Wildman–Crippen LogP) is 5.30. The number of aryl methyl sites for hydroxylation is 2. The predicted molar refractivity (Wildman–Crippen MR) is 164 cm³/mol. The van der Waals surface area contributed by atoms with Crippen molar-refractivity contribution < 1.29 is 39.1 Å². The van der Waals surface area contributed by atoms with Gasteiger partial charge in [0.05, 0.1) is 12.7 Å². The molecule has 0 heterocycles. The van der Waals surface area contributed by atoms with Crippen molar-refractivity contribution in [2.24, 2.45) is 5.92 Å². The fourth-order valence-electron chi connectivity index (χ4n) is 5.19. The van der Waals surface area contributed by atoms with Gasteiger partial charge in [-0.3, -0.25) is 0 Å². The van der Waals surface area contributed by atoms with Gasteiger partial charge in [-0.05, 0) is 82.7 Å². The molecule has 0 bridgehead atoms. The van der Waals surface area contributed by atoms with Gasteiger partial charge in [-0.1, -0.05) is 60.4 Å². The Labute approximate surface area is 253 Å². The monoisotopic (exact) mass is 593 g/mol. The molecule has 1 aliphatic carbocycles. The van der Waals surface area contributed by atoms with Crippen molar-refractivity contribution in [1.82, 2.24) is 4.90 Å². The number of carbonyl (C=O) groups is 2. The molecule has 0 aromatic heterocycles. The summed E-state index contributed by atoms with van der Waals surface area (Å²) in [6, 6.07) is 21.2. The highest BCUT2D eigenvalue weighted by Crippen LogP contribution is 2.42. The summed E-state index contributed by atoms with van der Waals surface area (Å²) in [5.41, 5.74) is 2.23. The molecule has 43 heavy (non-hydrogen) atoms. The van der Waals surface area contributed by atoms with Gasteiger partial charge >= 0.3 is 11.9 Å². The Bertz CT molecular complexity index is 1260. The number of carboxylic acid groups (broad SMARTS) is 2. The minimum absolute atomic E-state index is 0.256. The molecule has 1 saturated carbocycles. The van der Waals surface area contributed by atoms with Crippen LogP contribution in [0.4, 0.5) is 0 Å². The fraction of sp³-hybridized carbons (Fsp3) is 0.412. The fourth-order valence-corrected chi connectivity index (χ4v) is 5.19. The van der Waals surface area contributed by atoms with Crippen LogP contribution in [-0.4, -0.2) is 72.1 Å². The molecule has 0 amide bonds. The Morgan fingerprint density at radius 3 is 1.79 bits per heavy atom. The molecule has 9 heteroatoms. The lowest BCUT2D eigenvalue weighted by molar-refractivity contribution is -0.161. The molecule has 0 unspecified atom stereocenters. The summed E-state index contributed by atoms with van der Waals surface area (Å²) in [5.74, 6) is -1.22. The van der Waals surface area contributed by atoms with Crippen LogP contribution in [-0.2, 0) is 15.2 Å². The lowest BCUT2D eigenvalue weighted by Crippen LogP contribution is -2.47. The first-order chi connectivity index (χ1) is 20.4. The third-order valence-corrected chi connectivity index (χ3v) is 7.52. The average Bonchev–Trinajstić information content (AvgIpc) is 2.98. The van der Waals surface area contributed by atoms with Crippen LogP contribution in [0.1, 0.15) is 42.4 Å². The number of nitrogens with zero attached hydrogens (tertiary/aromatic N) is 1. The first-order valence-corrected chi connectivity index (χ1v) is 14.4. The summed E-state index contributed by atoms with van der Waals surface area (Å²) < 4.78 is 16.0. The van der Waals surface area contributed by atoms with Crippen molar-refractivity contribution in [2.45, 2.75) is 57.3 Å². The Hall–Kier alpha value is -4.08. The number of rotatable bonds is 11. The highest BCUT2D eigenvalue weighted by Gasteiger charge is 2.41. The Balaban J connectivity index is 0.000000242. The quantitative estimate of drug-likeness (QED) is 0.271. The van der Waals surface area contributed by atoms with E-state index in [2.05, 4.69) is 19.0 Å². The zero-order valence-corrected chi connectivity index (χ0v) is 25.5. The van der Waals surface area contributed by atoms with Gasteiger partial charge in [-0.2, -0.15) is 0 Å². The van der Waals surface area contributed by atoms with Crippen molar-refractivity contribution in [2.75, 3.05) is 27.7 Å². The maximum atomic E-state index is 11.5. The zero-order valence-electron chi connectivity index (χ0n) is 25.5. The summed E-state index contributed by atoms with van der Waals surface area (Å²) in [5, 5.41) is 29.9. The molecule has 1 fully saturated rings. The average molecular weight is 594 g/mol. The van der Waals surface area contributed by atoms with Crippen molar-refractivity contribution in [1.29, 1.82) is 0 Å². The number of benzene rings is 3. The molecule has 3 aromatic carbocycles. The first-order valence-electron chi connectivity index (χ1n) is 14.4. The van der Waals surface area contributed by atoms with Gasteiger partial charge in [-0.15, -0.1) is 0 Å². The van der Waals surface area contributed by atoms with E-state index in [-0.39, 0.29) is 11.5 Å². The Morgan fingerprint density at radius 2 is 1.35 bits per heavy atom. The van der Waals surface area contributed by atoms with Crippen LogP contribution in [0.15, 0.2) is 72.8 Å². The molecule has 0 saturated heterocycles. The van der Waals surface area contributed by atoms with Gasteiger partial charge in [0.1, 0.15) is 17.2 Å². The lowest BCUT2D eigenvalue weighted by atomic mass is 9.71. The van der Waals surface area contributed by atoms with Crippen LogP contribution in [0.3, 0.4) is 0 Å². The molecule has 0 aliphatic heterocycles. The van der Waals surface area contributed by atoms with Crippen LogP contribution >= 0.6 is 0 Å². The molecule has 1 aliphatic rings. The second-order valence-corrected chi connectivity index (χ2v) is 11.2. The van der Waals surface area contributed by atoms with E-state index in [0.717, 1.165) is 48.2 Å². The number of carboxylic acids is 2. The van der Waals surface area contributed by atoms with E-state index in [1.54, 1.807) is 55.6 Å². The van der Waals surface area contributed by atoms with Crippen LogP contribution in [0, 0.1) is 19.8 Å². The van der Waals surface area contributed by atoms with Gasteiger partial charge in [0.25, 0.3) is 0 Å². The van der Waals surface area contributed by atoms with Crippen molar-refractivity contribution in [3.8, 4) is 17.2 Å². The molecular formula is C34H43NO8. The molecule has 0 spiro atoms. The van der Waals surface area contributed by atoms with E-state index in [0.29, 0.717) is 5.92 Å². The number of methoxy groups -OCH3 is 1. The van der Waals surface area contributed by atoms with E-state index >= 15 is 0 Å². The van der Waals surface area contributed by atoms with Crippen LogP contribution in [0.25, 0.3) is 0 Å². The molecule has 3 N–H and O–H groups in total. The van der Waals surface area contributed by atoms with Crippen LogP contribution in [0.5, 0.6) is 17.2 Å². The number of aliphatic hydroxyl groups is 1. The lowest BCUT2D eigenvalue weighted by Gasteiger charge is -2.41. The van der Waals surface area contributed by atoms with Gasteiger partial charge in [0.2, 0.25) is 12.2 Å². The minimum atomic E-state index is -1.69. The second kappa shape index (κ2) is 15.4. The number of aliphatic carboxylic acids is 2. The number of hydrogen-bond donors (Lipinski definition) is 3. The van der Waals surface area contributed by atoms with Crippen molar-refractivity contribution in [3.05, 3.63) is 89.5 Å². The number of hydrogen-bond acceptors (Lipinski definition) is 7. The third-order valence-electron chi connectivity index (χ3n) is 7.52. The molecule has 232 valence electrons. The van der Waals surface area contributed by atoms with Crippen molar-refractivity contribution >= 4 is 11.9 Å². The molecule has 4 atom stereocenters. The van der Waals surface area contributed by atoms with E-state index < -0.39 is 29.7 Å². The topological polar surface area (TPSA) is 126 Å². The highest BCUT2D eigenvalue weighted by atomic mass is 16.6. The van der Waals surface area contributed by atoms with Gasteiger partial charge in [0.15, 0.2) is 0 Å². The molecule has 0 radical (unpaired) electrons. The Kier molecular flexibility index (Phi) is 12.0. The van der Waals surface area contributed by atoms with Crippen LogP contribution in [0.2, 0.25) is 0 Å². The van der Waals surface area contributed by atoms with E-state index in [1.165, 1.54) is 6.42 Å². The highest BCUT2D eigenvalue weighted by molar-refractivity contribution is 5.84. The smallest absolute Gasteiger partial charge is 0.349 e. The largest absolute Gasteiger partial charge is 0.497 e. The third kappa shape index (κ3) is 9.46. The van der Waals surface area contributed by atoms with Crippen molar-refractivity contribution in [3.63, 3.8) is 0 Å². The number of ether oxygens (including phenoxy) is 3. The molecular weight excluding hydrogens is 550 g/mol. The first kappa shape index (κ1) is 33.4. The van der Waals surface area contributed by atoms with Crippen LogP contribution < -0.4 is 14.2 Å². The Morgan fingerprint density at radius 1 is 0.837 bits per heavy atom. The maximum Gasteiger partial charge on any atom is 0.349 e. The zero-order chi connectivity index (χ0) is 31.6. The summed E-state index contributed by atoms with van der Waals surface area (Å²) in [7, 11) is 5.81. The summed E-state index contributed by atoms with van der Waals surface area (Å²) in [4.78, 5) is 25.2. The normalized spacial score (nSPS) is 19.4. The molecule has 9 nitrogen and oxygen atoms in total. The minimum Gasteiger partial charge on any atom is -0.497 e. The maximum absolute atomic E-state index is 11.5. The summed E-state index contributed by atoms with van der Waals surface area (Å²) in [6.07, 6.45) is 0.866. The standard InChI is InChI=1S/C18H18O6.C16H25NO2/c1-11-3-7-13(8-4-11)23-15(17(19)20)16(18(21)22)24-14-9-5-12(2)6-10-14;1-17(2)12-14-7-4-5-10-16(14,18)13-8-6-9-15(11-13)19-3/h3-10,15-16H,1-2H3,(H,19,20)(H,21,22);6,8-9,11,14,18H,4-5,7,10,12H2,1-3H3/t15-,16-;14-,16+/m01/s1. The van der Waals surface area contributed by atoms with E-state index in [9.17, 15) is 24.9 Å². The van der Waals surface area contributed by atoms with E-state index in [1.807, 2.05) is 38.1 Å². The second-order valence-electron chi connectivity index (χ2n) is 11.2. The summed E-state index contributed by atoms with van der Waals surface area (Å²) >= 11 is 0. The van der Waals surface area contributed by atoms with Gasteiger partial charge in [-0.25, -0.2) is 9.59 Å². The SMILES string of the molecule is COc1cccc([C@@]2(O)CCCC[C@@H]2CN(C)C)c1.Cc1ccc(O[C@H](C(=O)O)[C@H](Oc2ccc(C)cc2)C(=O)O)cc1. The summed E-state index contributed by atoms with van der Waals surface area (Å²) in [6.45, 7) is 4.67. The van der Waals surface area contributed by atoms with Gasteiger partial charge in [0, 0.05) is 12.5 Å². The van der Waals surface area contributed by atoms with E-state index in [4.69, 9.17) is 14.2 Å².